The first-order chi connectivity index (χ1) is 29.4. The Bertz CT molecular complexity index is 2790. The van der Waals surface area contributed by atoms with Gasteiger partial charge in [0.2, 0.25) is 0 Å². The Morgan fingerprint density at radius 3 is 1.07 bits per heavy atom. The lowest BCUT2D eigenvalue weighted by atomic mass is 9.87. The van der Waals surface area contributed by atoms with Gasteiger partial charge in [-0.15, -0.1) is 0 Å². The number of rotatable bonds is 10. The van der Waals surface area contributed by atoms with E-state index in [1.165, 1.54) is 44.2 Å². The third-order valence-electron chi connectivity index (χ3n) is 11.2. The Labute approximate surface area is 355 Å². The number of benzene rings is 9. The molecule has 0 N–H and O–H groups in total. The number of anilines is 6. The highest BCUT2D eigenvalue weighted by molar-refractivity contribution is 5.89. The molecule has 0 aliphatic heterocycles. The van der Waals surface area contributed by atoms with E-state index in [-0.39, 0.29) is 5.41 Å². The maximum Gasteiger partial charge on any atom is 0.0468 e. The number of hydrogen-bond donors (Lipinski definition) is 0. The van der Waals surface area contributed by atoms with Gasteiger partial charge in [-0.3, -0.25) is 0 Å². The van der Waals surface area contributed by atoms with E-state index in [1.807, 2.05) is 0 Å². The van der Waals surface area contributed by atoms with Crippen LogP contribution in [-0.2, 0) is 5.41 Å². The molecular weight excluding hydrogens is 725 g/mol. The molecule has 0 amide bonds. The average molecular weight is 773 g/mol. The molecule has 0 unspecified atom stereocenters. The maximum atomic E-state index is 2.35. The Hall–Kier alpha value is -7.42. The highest BCUT2D eigenvalue weighted by Gasteiger charge is 2.17. The fraction of sp³-hybridized carbons (Fsp3) is 0.0690. The predicted molar refractivity (Wildman–Crippen MR) is 258 cm³/mol. The van der Waals surface area contributed by atoms with E-state index in [0.29, 0.717) is 0 Å². The summed E-state index contributed by atoms with van der Waals surface area (Å²) in [6.45, 7) is 6.78. The van der Waals surface area contributed by atoms with Crippen LogP contribution in [0.5, 0.6) is 0 Å². The van der Waals surface area contributed by atoms with Crippen molar-refractivity contribution in [2.24, 2.45) is 0 Å². The number of fused-ring (bicyclic) bond motifs is 1. The highest BCUT2D eigenvalue weighted by atomic mass is 15.1. The summed E-state index contributed by atoms with van der Waals surface area (Å²) in [4.78, 5) is 4.64. The highest BCUT2D eigenvalue weighted by Crippen LogP contribution is 2.39. The van der Waals surface area contributed by atoms with Crippen molar-refractivity contribution < 1.29 is 0 Å². The molecule has 0 aliphatic rings. The first-order valence-corrected chi connectivity index (χ1v) is 20.7. The summed E-state index contributed by atoms with van der Waals surface area (Å²) >= 11 is 0. The van der Waals surface area contributed by atoms with Gasteiger partial charge >= 0.3 is 0 Å². The van der Waals surface area contributed by atoms with Crippen molar-refractivity contribution in [1.82, 2.24) is 0 Å². The van der Waals surface area contributed by atoms with E-state index < -0.39 is 0 Å². The van der Waals surface area contributed by atoms with Crippen LogP contribution in [0.4, 0.5) is 34.1 Å². The van der Waals surface area contributed by atoms with Gasteiger partial charge in [0.05, 0.1) is 0 Å². The van der Waals surface area contributed by atoms with Crippen LogP contribution in [0.1, 0.15) is 37.5 Å². The fourth-order valence-corrected chi connectivity index (χ4v) is 7.85. The molecule has 2 heteroatoms. The van der Waals surface area contributed by atoms with E-state index >= 15 is 0 Å². The number of nitrogens with zero attached hydrogens (tertiary/aromatic N) is 2. The van der Waals surface area contributed by atoms with Gasteiger partial charge in [0.25, 0.3) is 0 Å². The van der Waals surface area contributed by atoms with Gasteiger partial charge in [0.1, 0.15) is 0 Å². The van der Waals surface area contributed by atoms with Crippen molar-refractivity contribution in [1.29, 1.82) is 0 Å². The predicted octanol–water partition coefficient (Wildman–Crippen LogP) is 16.6. The first kappa shape index (κ1) is 38.1. The minimum atomic E-state index is 0.0930. The minimum Gasteiger partial charge on any atom is -0.311 e. The molecule has 0 spiro atoms. The molecule has 0 heterocycles. The standard InChI is InChI=1S/C58H48N2/c1-58(2,3)51-33-40-56(41-34-51)60(57-39-32-45-12-10-11-13-50(45)42-57)55-37-30-49(31-38-55)47-26-22-44(23-27-47)19-18-43-20-24-46(25-21-43)48-28-35-54(36-29-48)59(52-14-6-4-7-15-52)53-16-8-5-9-17-53/h4-42H,1-3H3/b19-18+. The number of hydrogen-bond acceptors (Lipinski definition) is 2. The van der Waals surface area contributed by atoms with E-state index in [2.05, 4.69) is 267 Å². The van der Waals surface area contributed by atoms with E-state index in [0.717, 1.165) is 39.7 Å². The summed E-state index contributed by atoms with van der Waals surface area (Å²) in [5.41, 5.74) is 15.3. The lowest BCUT2D eigenvalue weighted by Gasteiger charge is -2.27. The molecule has 60 heavy (non-hydrogen) atoms. The topological polar surface area (TPSA) is 6.48 Å². The Morgan fingerprint density at radius 1 is 0.300 bits per heavy atom. The third-order valence-corrected chi connectivity index (χ3v) is 11.2. The van der Waals surface area contributed by atoms with Crippen LogP contribution < -0.4 is 9.80 Å². The summed E-state index contributed by atoms with van der Waals surface area (Å²) in [6, 6.07) is 80.7. The molecule has 9 rings (SSSR count). The Morgan fingerprint density at radius 2 is 0.633 bits per heavy atom. The number of para-hydroxylation sites is 2. The van der Waals surface area contributed by atoms with Gasteiger partial charge in [-0.2, -0.15) is 0 Å². The van der Waals surface area contributed by atoms with Gasteiger partial charge in [0, 0.05) is 34.1 Å². The Kier molecular flexibility index (Phi) is 10.7. The van der Waals surface area contributed by atoms with Crippen molar-refractivity contribution in [3.8, 4) is 22.3 Å². The molecule has 9 aromatic rings. The molecule has 0 aliphatic carbocycles. The van der Waals surface area contributed by atoms with Crippen molar-refractivity contribution in [3.63, 3.8) is 0 Å². The fourth-order valence-electron chi connectivity index (χ4n) is 7.85. The van der Waals surface area contributed by atoms with Gasteiger partial charge in [-0.1, -0.05) is 185 Å². The second-order valence-electron chi connectivity index (χ2n) is 16.3. The summed E-state index contributed by atoms with van der Waals surface area (Å²) < 4.78 is 0. The van der Waals surface area contributed by atoms with Gasteiger partial charge in [-0.25, -0.2) is 0 Å². The van der Waals surface area contributed by atoms with E-state index in [9.17, 15) is 0 Å². The largest absolute Gasteiger partial charge is 0.311 e. The second kappa shape index (κ2) is 16.8. The van der Waals surface area contributed by atoms with Crippen molar-refractivity contribution in [2.45, 2.75) is 26.2 Å². The first-order valence-electron chi connectivity index (χ1n) is 20.7. The van der Waals surface area contributed by atoms with Gasteiger partial charge in [0.15, 0.2) is 0 Å². The van der Waals surface area contributed by atoms with Crippen LogP contribution in [0, 0.1) is 0 Å². The molecule has 0 fully saturated rings. The SMILES string of the molecule is CC(C)(C)c1ccc(N(c2ccc(-c3ccc(/C=C/c4ccc(-c5ccc(N(c6ccccc6)c6ccccc6)cc5)cc4)cc3)cc2)c2ccc3ccccc3c2)cc1. The van der Waals surface area contributed by atoms with Crippen molar-refractivity contribution in [3.05, 3.63) is 241 Å². The third kappa shape index (κ3) is 8.41. The quantitative estimate of drug-likeness (QED) is 0.128. The van der Waals surface area contributed by atoms with Crippen LogP contribution >= 0.6 is 0 Å². The summed E-state index contributed by atoms with van der Waals surface area (Å²) in [7, 11) is 0. The second-order valence-corrected chi connectivity index (χ2v) is 16.3. The van der Waals surface area contributed by atoms with Crippen LogP contribution in [0.15, 0.2) is 224 Å². The molecule has 0 bridgehead atoms. The van der Waals surface area contributed by atoms with Crippen LogP contribution in [0.3, 0.4) is 0 Å². The average Bonchev–Trinajstić information content (AvgIpc) is 3.30. The van der Waals surface area contributed by atoms with E-state index in [4.69, 9.17) is 0 Å². The summed E-state index contributed by atoms with van der Waals surface area (Å²) in [5, 5.41) is 2.47. The van der Waals surface area contributed by atoms with Crippen LogP contribution in [0.2, 0.25) is 0 Å². The molecule has 290 valence electrons. The summed E-state index contributed by atoms with van der Waals surface area (Å²) in [5.74, 6) is 0. The zero-order valence-corrected chi connectivity index (χ0v) is 34.4. The normalized spacial score (nSPS) is 11.5. The molecule has 0 saturated heterocycles. The maximum absolute atomic E-state index is 2.35. The smallest absolute Gasteiger partial charge is 0.0468 e. The molecule has 0 saturated carbocycles. The van der Waals surface area contributed by atoms with Crippen LogP contribution in [-0.4, -0.2) is 0 Å². The molecule has 9 aromatic carbocycles. The molecular formula is C58H48N2. The lowest BCUT2D eigenvalue weighted by Crippen LogP contribution is -2.13. The van der Waals surface area contributed by atoms with Crippen LogP contribution in [0.25, 0.3) is 45.2 Å². The monoisotopic (exact) mass is 772 g/mol. The lowest BCUT2D eigenvalue weighted by molar-refractivity contribution is 0.590. The molecule has 0 atom stereocenters. The van der Waals surface area contributed by atoms with Gasteiger partial charge < -0.3 is 9.80 Å². The Balaban J connectivity index is 0.891. The summed E-state index contributed by atoms with van der Waals surface area (Å²) in [6.07, 6.45) is 4.37. The zero-order chi connectivity index (χ0) is 40.9. The minimum absolute atomic E-state index is 0.0930. The van der Waals surface area contributed by atoms with Crippen molar-refractivity contribution in [2.75, 3.05) is 9.80 Å². The van der Waals surface area contributed by atoms with Crippen molar-refractivity contribution >= 4 is 57.0 Å². The van der Waals surface area contributed by atoms with E-state index in [1.54, 1.807) is 0 Å². The zero-order valence-electron chi connectivity index (χ0n) is 34.4. The molecule has 0 radical (unpaired) electrons. The van der Waals surface area contributed by atoms with Gasteiger partial charge in [-0.05, 0) is 128 Å². The molecule has 0 aromatic heterocycles. The molecule has 2 nitrogen and oxygen atoms in total.